The number of ether oxygens (including phenoxy) is 2. The van der Waals surface area contributed by atoms with Gasteiger partial charge in [0.05, 0.1) is 23.1 Å². The Morgan fingerprint density at radius 1 is 1.07 bits per heavy atom. The summed E-state index contributed by atoms with van der Waals surface area (Å²) in [5, 5.41) is 0. The van der Waals surface area contributed by atoms with Crippen molar-refractivity contribution in [3.05, 3.63) is 23.3 Å². The van der Waals surface area contributed by atoms with Crippen LogP contribution >= 0.6 is 0 Å². The fraction of sp³-hybridized carbons (Fsp3) is 0.818. The largest absolute Gasteiger partial charge is 0.442 e. The van der Waals surface area contributed by atoms with Gasteiger partial charge in [-0.15, -0.1) is 0 Å². The summed E-state index contributed by atoms with van der Waals surface area (Å²) in [4.78, 5) is 41.9. The first-order valence-electron chi connectivity index (χ1n) is 16.5. The second-order valence-electron chi connectivity index (χ2n) is 13.8. The lowest BCUT2D eigenvalue weighted by Gasteiger charge is -2.55. The maximum absolute atomic E-state index is 13.4. The maximum atomic E-state index is 13.4. The van der Waals surface area contributed by atoms with Crippen LogP contribution < -0.4 is 0 Å². The molecule has 4 aliphatic rings. The molecule has 4 heterocycles. The molecule has 0 bridgehead atoms. The second kappa shape index (κ2) is 13.2. The normalized spacial score (nSPS) is 28.1. The summed E-state index contributed by atoms with van der Waals surface area (Å²) in [6.45, 7) is 13.3. The zero-order chi connectivity index (χ0) is 29.9. The molecular formula is C33H53N5O4. The molecule has 5 rings (SSSR count). The van der Waals surface area contributed by atoms with E-state index in [2.05, 4.69) is 28.7 Å². The van der Waals surface area contributed by atoms with Gasteiger partial charge in [-0.05, 0) is 65.2 Å². The van der Waals surface area contributed by atoms with Crippen molar-refractivity contribution in [1.82, 2.24) is 24.7 Å². The van der Waals surface area contributed by atoms with Crippen molar-refractivity contribution in [2.75, 3.05) is 46.4 Å². The molecular weight excluding hydrogens is 530 g/mol. The lowest BCUT2D eigenvalue weighted by molar-refractivity contribution is -0.135. The van der Waals surface area contributed by atoms with E-state index in [1.54, 1.807) is 0 Å². The molecule has 4 fully saturated rings. The fourth-order valence-corrected chi connectivity index (χ4v) is 8.22. The Balaban J connectivity index is 1.19. The first-order chi connectivity index (χ1) is 20.2. The molecule has 3 saturated heterocycles. The van der Waals surface area contributed by atoms with Crippen LogP contribution in [-0.2, 0) is 9.47 Å². The Bertz CT molecular complexity index is 1080. The molecule has 1 aromatic rings. The molecule has 9 heteroatoms. The minimum Gasteiger partial charge on any atom is -0.442 e. The third-order valence-electron chi connectivity index (χ3n) is 11.1. The van der Waals surface area contributed by atoms with Gasteiger partial charge in [0.25, 0.3) is 5.91 Å². The van der Waals surface area contributed by atoms with Crippen LogP contribution in [0.5, 0.6) is 0 Å². The highest BCUT2D eigenvalue weighted by Crippen LogP contribution is 2.44. The number of unbranched alkanes of at least 4 members (excludes halogenated alkanes) is 1. The zero-order valence-corrected chi connectivity index (χ0v) is 26.7. The van der Waals surface area contributed by atoms with Gasteiger partial charge in [-0.2, -0.15) is 0 Å². The van der Waals surface area contributed by atoms with Crippen LogP contribution in [0.3, 0.4) is 0 Å². The Morgan fingerprint density at radius 2 is 1.76 bits per heavy atom. The molecule has 0 N–H and O–H groups in total. The van der Waals surface area contributed by atoms with E-state index >= 15 is 0 Å². The monoisotopic (exact) mass is 583 g/mol. The maximum Gasteiger partial charge on any atom is 0.410 e. The number of hydrogen-bond donors (Lipinski definition) is 0. The summed E-state index contributed by atoms with van der Waals surface area (Å²) < 4.78 is 12.1. The van der Waals surface area contributed by atoms with Gasteiger partial charge in [-0.1, -0.05) is 26.2 Å². The van der Waals surface area contributed by atoms with E-state index in [9.17, 15) is 9.59 Å². The third kappa shape index (κ3) is 6.47. The van der Waals surface area contributed by atoms with E-state index in [-0.39, 0.29) is 23.1 Å². The molecule has 3 aliphatic heterocycles. The van der Waals surface area contributed by atoms with Gasteiger partial charge in [0.2, 0.25) is 0 Å². The van der Waals surface area contributed by atoms with Crippen LogP contribution in [-0.4, -0.2) is 100 Å². The van der Waals surface area contributed by atoms with Gasteiger partial charge < -0.3 is 19.3 Å². The lowest BCUT2D eigenvalue weighted by atomic mass is 9.74. The minimum absolute atomic E-state index is 0.0398. The molecule has 2 amide bonds. The number of carbonyl (C=O) groups excluding carboxylic acids is 2. The van der Waals surface area contributed by atoms with Crippen molar-refractivity contribution >= 4 is 12.0 Å². The van der Waals surface area contributed by atoms with Crippen LogP contribution in [0.25, 0.3) is 0 Å². The average molecular weight is 584 g/mol. The molecule has 9 nitrogen and oxygen atoms in total. The van der Waals surface area contributed by atoms with E-state index in [1.807, 2.05) is 30.8 Å². The van der Waals surface area contributed by atoms with E-state index in [0.29, 0.717) is 23.5 Å². The lowest BCUT2D eigenvalue weighted by Crippen LogP contribution is -2.64. The van der Waals surface area contributed by atoms with E-state index in [1.165, 1.54) is 25.6 Å². The van der Waals surface area contributed by atoms with Crippen molar-refractivity contribution in [3.8, 4) is 0 Å². The van der Waals surface area contributed by atoms with Crippen molar-refractivity contribution in [3.63, 3.8) is 0 Å². The summed E-state index contributed by atoms with van der Waals surface area (Å²) >= 11 is 0. The summed E-state index contributed by atoms with van der Waals surface area (Å²) in [5.74, 6) is 0.929. The van der Waals surface area contributed by atoms with Crippen molar-refractivity contribution in [2.24, 2.45) is 11.8 Å². The molecule has 234 valence electrons. The van der Waals surface area contributed by atoms with E-state index in [0.717, 1.165) is 102 Å². The van der Waals surface area contributed by atoms with E-state index < -0.39 is 0 Å². The summed E-state index contributed by atoms with van der Waals surface area (Å²) in [7, 11) is 1.81. The summed E-state index contributed by atoms with van der Waals surface area (Å²) in [6, 6.07) is 0. The quantitative estimate of drug-likeness (QED) is 0.406. The third-order valence-corrected chi connectivity index (χ3v) is 11.1. The Morgan fingerprint density at radius 3 is 2.40 bits per heavy atom. The number of piperidine rings is 2. The Hall–Kier alpha value is -2.26. The van der Waals surface area contributed by atoms with Gasteiger partial charge in [0, 0.05) is 70.7 Å². The zero-order valence-electron chi connectivity index (χ0n) is 26.7. The number of hydrogen-bond acceptors (Lipinski definition) is 7. The topological polar surface area (TPSA) is 88.1 Å². The van der Waals surface area contributed by atoms with Crippen LogP contribution in [0.15, 0.2) is 6.33 Å². The van der Waals surface area contributed by atoms with E-state index in [4.69, 9.17) is 9.47 Å². The molecule has 1 aromatic heterocycles. The SMILES string of the molecule is CCCCC1CN(CC2CCCC(OC)C2)C(=O)OC12CCN(C1(C)CCN(C(=O)c3c(C)ncnc3C)CC1)CC2. The Kier molecular flexibility index (Phi) is 9.77. The number of nitrogens with zero attached hydrogens (tertiary/aromatic N) is 5. The first kappa shape index (κ1) is 31.2. The highest BCUT2D eigenvalue weighted by molar-refractivity contribution is 5.96. The number of methoxy groups -OCH3 is 1. The average Bonchev–Trinajstić information content (AvgIpc) is 2.98. The van der Waals surface area contributed by atoms with Crippen molar-refractivity contribution in [1.29, 1.82) is 0 Å². The molecule has 1 saturated carbocycles. The number of aromatic nitrogens is 2. The fourth-order valence-electron chi connectivity index (χ4n) is 8.22. The predicted molar refractivity (Wildman–Crippen MR) is 162 cm³/mol. The van der Waals surface area contributed by atoms with Crippen molar-refractivity contribution < 1.29 is 19.1 Å². The number of likely N-dealkylation sites (tertiary alicyclic amines) is 2. The molecule has 0 aromatic carbocycles. The number of amides is 2. The van der Waals surface area contributed by atoms with Crippen LogP contribution in [0.1, 0.15) is 106 Å². The van der Waals surface area contributed by atoms with Crippen LogP contribution in [0.2, 0.25) is 0 Å². The molecule has 3 atom stereocenters. The number of carbonyl (C=O) groups is 2. The predicted octanol–water partition coefficient (Wildman–Crippen LogP) is 5.39. The molecule has 3 unspecified atom stereocenters. The molecule has 1 aliphatic carbocycles. The van der Waals surface area contributed by atoms with Crippen LogP contribution in [0, 0.1) is 25.7 Å². The van der Waals surface area contributed by atoms with Crippen LogP contribution in [0.4, 0.5) is 4.79 Å². The van der Waals surface area contributed by atoms with Gasteiger partial charge >= 0.3 is 6.09 Å². The molecule has 1 spiro atoms. The minimum atomic E-state index is -0.351. The highest BCUT2D eigenvalue weighted by Gasteiger charge is 2.51. The second-order valence-corrected chi connectivity index (χ2v) is 13.8. The smallest absolute Gasteiger partial charge is 0.410 e. The van der Waals surface area contributed by atoms with Gasteiger partial charge in [0.1, 0.15) is 11.9 Å². The Labute approximate surface area is 252 Å². The standard InChI is InChI=1S/C33H53N5O4/c1-6-7-10-27-22-37(21-26-9-8-11-28(20-26)41-5)31(40)42-33(27)14-18-38(19-15-33)32(4)12-16-36(17-13-32)30(39)29-24(2)34-23-35-25(29)3/h23,26-28H,6-22H2,1-5H3. The molecule has 42 heavy (non-hydrogen) atoms. The summed E-state index contributed by atoms with van der Waals surface area (Å²) in [6.07, 6.45) is 13.4. The van der Waals surface area contributed by atoms with Gasteiger partial charge in [0.15, 0.2) is 0 Å². The number of aryl methyl sites for hydroxylation is 2. The van der Waals surface area contributed by atoms with Gasteiger partial charge in [-0.3, -0.25) is 9.69 Å². The van der Waals surface area contributed by atoms with Gasteiger partial charge in [-0.25, -0.2) is 14.8 Å². The molecule has 0 radical (unpaired) electrons. The van der Waals surface area contributed by atoms with Crippen molar-refractivity contribution in [2.45, 2.75) is 116 Å². The first-order valence-corrected chi connectivity index (χ1v) is 16.5. The summed E-state index contributed by atoms with van der Waals surface area (Å²) in [5.41, 5.74) is 1.83. The highest BCUT2D eigenvalue weighted by atomic mass is 16.6. The number of rotatable bonds is 8.